The number of rotatable bonds is 10. The number of phenolic OH excluding ortho intramolecular Hbond substituents is 1. The van der Waals surface area contributed by atoms with E-state index < -0.39 is 24.3 Å². The second-order valence-corrected chi connectivity index (χ2v) is 8.48. The fraction of sp³-hybridized carbons (Fsp3) is 0.292. The van der Waals surface area contributed by atoms with E-state index in [-0.39, 0.29) is 17.9 Å². The summed E-state index contributed by atoms with van der Waals surface area (Å²) in [5.74, 6) is 0.264. The van der Waals surface area contributed by atoms with E-state index in [4.69, 9.17) is 14.2 Å². The Kier molecular flexibility index (Phi) is 9.14. The molecular weight excluding hydrogens is 536 g/mol. The van der Waals surface area contributed by atoms with E-state index in [1.54, 1.807) is 44.2 Å². The van der Waals surface area contributed by atoms with Crippen molar-refractivity contribution in [3.63, 3.8) is 0 Å². The number of carbonyl (C=O) groups is 2. The molecular formula is C24H27BrN4O7. The number of ether oxygens (including phenoxy) is 3. The van der Waals surface area contributed by atoms with Crippen molar-refractivity contribution in [3.05, 3.63) is 63.3 Å². The number of aromatic hydroxyl groups is 1. The third-order valence-corrected chi connectivity index (χ3v) is 5.72. The van der Waals surface area contributed by atoms with Gasteiger partial charge in [0.05, 0.1) is 36.0 Å². The van der Waals surface area contributed by atoms with Crippen LogP contribution in [0, 0.1) is 0 Å². The standard InChI is InChI=1S/C24H27BrN4O7/c1-4-35-19-10-15(22-21(23(32)34-3)13(2)27-24(33)28-22)6-8-18(19)36-12-20(31)29-26-11-14-5-7-17(30)16(25)9-14/h5-11,20,22,29-31H,4,12H2,1-3H3,(H2,27,28,33)/b26-11-/t20-,22+/m1/s1. The van der Waals surface area contributed by atoms with Crippen LogP contribution in [-0.4, -0.2) is 55.0 Å². The molecule has 1 aliphatic rings. The first-order chi connectivity index (χ1) is 17.2. The Labute approximate surface area is 216 Å². The summed E-state index contributed by atoms with van der Waals surface area (Å²) in [6, 6.07) is 8.63. The van der Waals surface area contributed by atoms with Crippen LogP contribution in [0.3, 0.4) is 0 Å². The molecule has 2 atom stereocenters. The average Bonchev–Trinajstić information content (AvgIpc) is 2.84. The van der Waals surface area contributed by atoms with Gasteiger partial charge < -0.3 is 35.1 Å². The Bertz CT molecular complexity index is 1190. The Hall–Kier alpha value is -3.77. The second-order valence-electron chi connectivity index (χ2n) is 7.63. The van der Waals surface area contributed by atoms with Gasteiger partial charge in [-0.3, -0.25) is 5.43 Å². The van der Waals surface area contributed by atoms with E-state index in [9.17, 15) is 19.8 Å². The maximum absolute atomic E-state index is 12.3. The van der Waals surface area contributed by atoms with E-state index in [0.717, 1.165) is 0 Å². The molecule has 0 unspecified atom stereocenters. The number of esters is 1. The number of amides is 2. The highest BCUT2D eigenvalue weighted by Crippen LogP contribution is 2.35. The van der Waals surface area contributed by atoms with Gasteiger partial charge in [0.1, 0.15) is 12.4 Å². The molecule has 12 heteroatoms. The van der Waals surface area contributed by atoms with Gasteiger partial charge in [-0.15, -0.1) is 0 Å². The third-order valence-electron chi connectivity index (χ3n) is 5.08. The maximum Gasteiger partial charge on any atom is 0.337 e. The molecule has 192 valence electrons. The van der Waals surface area contributed by atoms with Crippen molar-refractivity contribution in [1.82, 2.24) is 16.1 Å². The number of aliphatic hydroxyl groups is 1. The lowest BCUT2D eigenvalue weighted by Crippen LogP contribution is -2.45. The number of aliphatic hydroxyl groups excluding tert-OH is 1. The van der Waals surface area contributed by atoms with Gasteiger partial charge in [0.25, 0.3) is 0 Å². The number of allylic oxidation sites excluding steroid dienone is 1. The number of hydrazone groups is 1. The normalized spacial score (nSPS) is 16.2. The van der Waals surface area contributed by atoms with E-state index in [1.807, 2.05) is 0 Å². The minimum absolute atomic E-state index is 0.111. The number of hydrogen-bond acceptors (Lipinski definition) is 9. The minimum Gasteiger partial charge on any atom is -0.507 e. The van der Waals surface area contributed by atoms with E-state index in [2.05, 4.69) is 37.1 Å². The van der Waals surface area contributed by atoms with E-state index >= 15 is 0 Å². The number of carbonyl (C=O) groups excluding carboxylic acids is 2. The highest BCUT2D eigenvalue weighted by atomic mass is 79.9. The fourth-order valence-corrected chi connectivity index (χ4v) is 3.82. The second kappa shape index (κ2) is 12.3. The van der Waals surface area contributed by atoms with Crippen LogP contribution in [-0.2, 0) is 9.53 Å². The molecule has 5 N–H and O–H groups in total. The van der Waals surface area contributed by atoms with Crippen LogP contribution in [0.15, 0.2) is 57.2 Å². The van der Waals surface area contributed by atoms with Gasteiger partial charge in [-0.25, -0.2) is 9.59 Å². The summed E-state index contributed by atoms with van der Waals surface area (Å²) in [7, 11) is 1.27. The summed E-state index contributed by atoms with van der Waals surface area (Å²) in [5, 5.41) is 29.0. The Morgan fingerprint density at radius 3 is 2.72 bits per heavy atom. The first kappa shape index (κ1) is 26.8. The van der Waals surface area contributed by atoms with Crippen molar-refractivity contribution in [2.75, 3.05) is 20.3 Å². The molecule has 0 radical (unpaired) electrons. The number of nitrogens with one attached hydrogen (secondary N) is 3. The van der Waals surface area contributed by atoms with Crippen molar-refractivity contribution < 1.29 is 34.0 Å². The Morgan fingerprint density at radius 1 is 1.25 bits per heavy atom. The zero-order valence-electron chi connectivity index (χ0n) is 19.9. The van der Waals surface area contributed by atoms with Gasteiger partial charge in [0.2, 0.25) is 0 Å². The van der Waals surface area contributed by atoms with Gasteiger partial charge in [-0.05, 0) is 71.2 Å². The quantitative estimate of drug-likeness (QED) is 0.128. The van der Waals surface area contributed by atoms with Crippen molar-refractivity contribution in [1.29, 1.82) is 0 Å². The van der Waals surface area contributed by atoms with Gasteiger partial charge in [0.15, 0.2) is 17.7 Å². The number of nitrogens with zero attached hydrogens (tertiary/aromatic N) is 1. The highest BCUT2D eigenvalue weighted by Gasteiger charge is 2.32. The summed E-state index contributed by atoms with van der Waals surface area (Å²) in [6.07, 6.45) is 0.353. The van der Waals surface area contributed by atoms with E-state index in [0.29, 0.717) is 39.4 Å². The zero-order valence-corrected chi connectivity index (χ0v) is 21.5. The number of hydrogen-bond donors (Lipinski definition) is 5. The predicted molar refractivity (Wildman–Crippen MR) is 135 cm³/mol. The van der Waals surface area contributed by atoms with Crippen molar-refractivity contribution in [2.45, 2.75) is 26.1 Å². The predicted octanol–water partition coefficient (Wildman–Crippen LogP) is 2.68. The number of halogens is 1. The molecule has 0 aromatic heterocycles. The molecule has 0 spiro atoms. The van der Waals surface area contributed by atoms with Gasteiger partial charge in [0, 0.05) is 5.70 Å². The van der Waals surface area contributed by atoms with Crippen LogP contribution >= 0.6 is 15.9 Å². The molecule has 0 saturated carbocycles. The zero-order chi connectivity index (χ0) is 26.2. The lowest BCUT2D eigenvalue weighted by Gasteiger charge is -2.28. The van der Waals surface area contributed by atoms with Crippen molar-refractivity contribution in [2.24, 2.45) is 5.10 Å². The molecule has 0 aliphatic carbocycles. The minimum atomic E-state index is -1.13. The smallest absolute Gasteiger partial charge is 0.337 e. The summed E-state index contributed by atoms with van der Waals surface area (Å²) in [5.41, 5.74) is 4.51. The topological polar surface area (TPSA) is 151 Å². The molecule has 36 heavy (non-hydrogen) atoms. The van der Waals surface area contributed by atoms with Gasteiger partial charge in [-0.2, -0.15) is 5.10 Å². The molecule has 0 saturated heterocycles. The molecule has 2 aromatic carbocycles. The number of methoxy groups -OCH3 is 1. The van der Waals surface area contributed by atoms with Crippen LogP contribution in [0.4, 0.5) is 4.79 Å². The summed E-state index contributed by atoms with van der Waals surface area (Å²) in [4.78, 5) is 24.4. The maximum atomic E-state index is 12.3. The molecule has 1 aliphatic heterocycles. The summed E-state index contributed by atoms with van der Waals surface area (Å²) < 4.78 is 16.8. The largest absolute Gasteiger partial charge is 0.507 e. The fourth-order valence-electron chi connectivity index (χ4n) is 3.42. The van der Waals surface area contributed by atoms with Crippen LogP contribution in [0.2, 0.25) is 0 Å². The molecule has 2 amide bonds. The Balaban J connectivity index is 1.70. The number of phenols is 1. The molecule has 3 rings (SSSR count). The van der Waals surface area contributed by atoms with Crippen LogP contribution < -0.4 is 25.5 Å². The molecule has 1 heterocycles. The first-order valence-corrected chi connectivity index (χ1v) is 11.7. The van der Waals surface area contributed by atoms with E-state index in [1.165, 1.54) is 19.4 Å². The summed E-state index contributed by atoms with van der Waals surface area (Å²) >= 11 is 3.22. The molecule has 11 nitrogen and oxygen atoms in total. The summed E-state index contributed by atoms with van der Waals surface area (Å²) in [6.45, 7) is 3.62. The monoisotopic (exact) mass is 562 g/mol. The lowest BCUT2D eigenvalue weighted by molar-refractivity contribution is -0.136. The Morgan fingerprint density at radius 2 is 2.03 bits per heavy atom. The van der Waals surface area contributed by atoms with Crippen molar-refractivity contribution >= 4 is 34.1 Å². The highest BCUT2D eigenvalue weighted by molar-refractivity contribution is 9.10. The van der Waals surface area contributed by atoms with Crippen LogP contribution in [0.1, 0.15) is 31.0 Å². The van der Waals surface area contributed by atoms with Crippen LogP contribution in [0.5, 0.6) is 17.2 Å². The van der Waals surface area contributed by atoms with Gasteiger partial charge in [-0.1, -0.05) is 6.07 Å². The molecule has 0 fully saturated rings. The SMILES string of the molecule is CCOc1cc([C@@H]2NC(=O)NC(C)=C2C(=O)OC)ccc1OC[C@@H](O)N/N=C\c1ccc(O)c(Br)c1. The van der Waals surface area contributed by atoms with Crippen molar-refractivity contribution in [3.8, 4) is 17.2 Å². The molecule has 0 bridgehead atoms. The van der Waals surface area contributed by atoms with Gasteiger partial charge >= 0.3 is 12.0 Å². The third kappa shape index (κ3) is 6.67. The molecule has 2 aromatic rings. The van der Waals surface area contributed by atoms with Crippen LogP contribution in [0.25, 0.3) is 0 Å². The number of urea groups is 1. The average molecular weight is 563 g/mol. The number of benzene rings is 2. The lowest BCUT2D eigenvalue weighted by atomic mass is 9.95. The first-order valence-electron chi connectivity index (χ1n) is 10.9.